The van der Waals surface area contributed by atoms with Crippen molar-refractivity contribution >= 4 is 11.9 Å². The molecule has 124 valence electrons. The maximum absolute atomic E-state index is 9.77. The quantitative estimate of drug-likeness (QED) is 0.474. The fourth-order valence-corrected chi connectivity index (χ4v) is 2.22. The van der Waals surface area contributed by atoms with E-state index in [1.807, 2.05) is 0 Å². The van der Waals surface area contributed by atoms with E-state index in [4.69, 9.17) is 26.8 Å². The summed E-state index contributed by atoms with van der Waals surface area (Å²) in [5.74, 6) is -0.923. The SMILES string of the molecule is C#CCN[C@@H]1CCc2ccccc21.O=C(O)[C@H](O)[C@@H](O)C(=O)O. The minimum atomic E-state index is -2.27. The van der Waals surface area contributed by atoms with Gasteiger partial charge >= 0.3 is 11.9 Å². The van der Waals surface area contributed by atoms with Gasteiger partial charge in [0.25, 0.3) is 0 Å². The highest BCUT2D eigenvalue weighted by molar-refractivity contribution is 5.83. The fourth-order valence-electron chi connectivity index (χ4n) is 2.22. The van der Waals surface area contributed by atoms with Crippen LogP contribution in [-0.4, -0.2) is 51.1 Å². The number of hydrogen-bond acceptors (Lipinski definition) is 5. The van der Waals surface area contributed by atoms with Crippen LogP contribution < -0.4 is 5.32 Å². The molecule has 0 fully saturated rings. The smallest absolute Gasteiger partial charge is 0.335 e. The highest BCUT2D eigenvalue weighted by Crippen LogP contribution is 2.30. The summed E-state index contributed by atoms with van der Waals surface area (Å²) in [6.45, 7) is 0.666. The number of carboxylic acid groups (broad SMARTS) is 2. The van der Waals surface area contributed by atoms with Gasteiger partial charge < -0.3 is 20.4 Å². The third kappa shape index (κ3) is 5.38. The van der Waals surface area contributed by atoms with Crippen molar-refractivity contribution in [2.75, 3.05) is 6.54 Å². The summed E-state index contributed by atoms with van der Waals surface area (Å²) < 4.78 is 0. The Morgan fingerprint density at radius 1 is 1.22 bits per heavy atom. The molecule has 3 atom stereocenters. The Labute approximate surface area is 133 Å². The molecule has 0 saturated carbocycles. The van der Waals surface area contributed by atoms with Crippen LogP contribution in [0, 0.1) is 12.3 Å². The van der Waals surface area contributed by atoms with Crippen LogP contribution in [-0.2, 0) is 16.0 Å². The summed E-state index contributed by atoms with van der Waals surface area (Å²) >= 11 is 0. The number of aliphatic hydroxyl groups excluding tert-OH is 2. The van der Waals surface area contributed by atoms with Crippen molar-refractivity contribution in [2.45, 2.75) is 31.1 Å². The highest BCUT2D eigenvalue weighted by Gasteiger charge is 2.29. The van der Waals surface area contributed by atoms with Crippen molar-refractivity contribution in [3.05, 3.63) is 35.4 Å². The number of aryl methyl sites for hydroxylation is 1. The summed E-state index contributed by atoms with van der Waals surface area (Å²) in [6, 6.07) is 9.06. The van der Waals surface area contributed by atoms with Gasteiger partial charge in [-0.25, -0.2) is 9.59 Å². The topological polar surface area (TPSA) is 127 Å². The molecular formula is C16H19NO6. The van der Waals surface area contributed by atoms with Crippen LogP contribution in [0.1, 0.15) is 23.6 Å². The van der Waals surface area contributed by atoms with Crippen LogP contribution >= 0.6 is 0 Å². The number of carboxylic acids is 2. The Balaban J connectivity index is 0.000000241. The maximum Gasteiger partial charge on any atom is 0.335 e. The Bertz CT molecular complexity index is 576. The lowest BCUT2D eigenvalue weighted by Crippen LogP contribution is -2.39. The van der Waals surface area contributed by atoms with E-state index in [0.717, 1.165) is 0 Å². The van der Waals surface area contributed by atoms with E-state index in [-0.39, 0.29) is 0 Å². The lowest BCUT2D eigenvalue weighted by atomic mass is 10.1. The summed E-state index contributed by atoms with van der Waals surface area (Å²) in [4.78, 5) is 19.5. The molecule has 0 bridgehead atoms. The predicted octanol–water partition coefficient (Wildman–Crippen LogP) is -0.226. The molecule has 5 N–H and O–H groups in total. The second-order valence-corrected chi connectivity index (χ2v) is 4.94. The Morgan fingerprint density at radius 3 is 2.30 bits per heavy atom. The van der Waals surface area contributed by atoms with Crippen LogP contribution in [0.5, 0.6) is 0 Å². The Kier molecular flexibility index (Phi) is 7.22. The Morgan fingerprint density at radius 2 is 1.78 bits per heavy atom. The number of aliphatic hydroxyl groups is 2. The molecule has 1 aromatic rings. The van der Waals surface area contributed by atoms with Crippen LogP contribution in [0.4, 0.5) is 0 Å². The molecule has 0 saturated heterocycles. The van der Waals surface area contributed by atoms with Gasteiger partial charge in [-0.1, -0.05) is 30.2 Å². The van der Waals surface area contributed by atoms with Gasteiger partial charge in [-0.05, 0) is 24.0 Å². The number of nitrogens with one attached hydrogen (secondary N) is 1. The first-order valence-electron chi connectivity index (χ1n) is 6.94. The molecule has 2 rings (SSSR count). The van der Waals surface area contributed by atoms with Crippen molar-refractivity contribution in [3.63, 3.8) is 0 Å². The molecule has 7 heteroatoms. The molecule has 7 nitrogen and oxygen atoms in total. The maximum atomic E-state index is 9.77. The van der Waals surface area contributed by atoms with Gasteiger partial charge in [-0.2, -0.15) is 0 Å². The van der Waals surface area contributed by atoms with Crippen molar-refractivity contribution in [2.24, 2.45) is 0 Å². The van der Waals surface area contributed by atoms with E-state index in [2.05, 4.69) is 35.5 Å². The second-order valence-electron chi connectivity index (χ2n) is 4.94. The van der Waals surface area contributed by atoms with Gasteiger partial charge in [0.15, 0.2) is 12.2 Å². The van der Waals surface area contributed by atoms with Crippen LogP contribution in [0.25, 0.3) is 0 Å². The molecular weight excluding hydrogens is 302 g/mol. The molecule has 0 radical (unpaired) electrons. The van der Waals surface area contributed by atoms with Crippen LogP contribution in [0.2, 0.25) is 0 Å². The van der Waals surface area contributed by atoms with E-state index in [1.54, 1.807) is 0 Å². The van der Waals surface area contributed by atoms with Gasteiger partial charge in [0.2, 0.25) is 0 Å². The average Bonchev–Trinajstić information content (AvgIpc) is 2.95. The van der Waals surface area contributed by atoms with E-state index in [0.29, 0.717) is 12.6 Å². The van der Waals surface area contributed by atoms with Gasteiger partial charge in [-0.3, -0.25) is 5.32 Å². The van der Waals surface area contributed by atoms with Crippen molar-refractivity contribution in [1.82, 2.24) is 5.32 Å². The van der Waals surface area contributed by atoms with Gasteiger partial charge in [0.05, 0.1) is 6.54 Å². The van der Waals surface area contributed by atoms with E-state index < -0.39 is 24.1 Å². The summed E-state index contributed by atoms with van der Waals surface area (Å²) in [5, 5.41) is 35.9. The fraction of sp³-hybridized carbons (Fsp3) is 0.375. The summed E-state index contributed by atoms with van der Waals surface area (Å²) in [7, 11) is 0. The standard InChI is InChI=1S/C12H13N.C4H6O6/c1-2-9-13-12-8-7-10-5-3-4-6-11(10)12;5-1(3(7)8)2(6)4(9)10/h1,3-6,12-13H,7-9H2;1-2,5-6H,(H,7,8)(H,9,10)/t12-;1-,2-/m11/s1. The number of terminal acetylenes is 1. The molecule has 0 aliphatic heterocycles. The van der Waals surface area contributed by atoms with E-state index in [9.17, 15) is 9.59 Å². The van der Waals surface area contributed by atoms with Crippen molar-refractivity contribution in [3.8, 4) is 12.3 Å². The number of benzene rings is 1. The first kappa shape index (κ1) is 18.6. The third-order valence-electron chi connectivity index (χ3n) is 3.39. The lowest BCUT2D eigenvalue weighted by Gasteiger charge is -2.10. The summed E-state index contributed by atoms with van der Waals surface area (Å²) in [6.07, 6.45) is 3.04. The molecule has 0 amide bonds. The molecule has 1 aromatic carbocycles. The molecule has 23 heavy (non-hydrogen) atoms. The number of aliphatic carboxylic acids is 2. The van der Waals surface area contributed by atoms with Crippen molar-refractivity contribution in [1.29, 1.82) is 0 Å². The predicted molar refractivity (Wildman–Crippen MR) is 81.6 cm³/mol. The summed E-state index contributed by atoms with van der Waals surface area (Å²) in [5.41, 5.74) is 2.90. The number of hydrogen-bond donors (Lipinski definition) is 5. The molecule has 0 spiro atoms. The first-order valence-corrected chi connectivity index (χ1v) is 6.94. The second kappa shape index (κ2) is 8.90. The van der Waals surface area contributed by atoms with Crippen molar-refractivity contribution < 1.29 is 30.0 Å². The third-order valence-corrected chi connectivity index (χ3v) is 3.39. The largest absolute Gasteiger partial charge is 0.479 e. The molecule has 0 heterocycles. The zero-order valence-electron chi connectivity index (χ0n) is 12.3. The van der Waals surface area contributed by atoms with E-state index in [1.165, 1.54) is 24.0 Å². The highest BCUT2D eigenvalue weighted by atomic mass is 16.4. The normalized spacial score (nSPS) is 17.9. The minimum Gasteiger partial charge on any atom is -0.479 e. The first-order chi connectivity index (χ1) is 10.9. The zero-order chi connectivity index (χ0) is 17.4. The monoisotopic (exact) mass is 321 g/mol. The molecule has 0 unspecified atom stereocenters. The number of rotatable bonds is 5. The number of carbonyl (C=O) groups is 2. The number of fused-ring (bicyclic) bond motifs is 1. The lowest BCUT2D eigenvalue weighted by molar-refractivity contribution is -0.165. The molecule has 1 aliphatic rings. The van der Waals surface area contributed by atoms with Gasteiger partial charge in [0.1, 0.15) is 0 Å². The Hall–Kier alpha value is -2.40. The van der Waals surface area contributed by atoms with Gasteiger partial charge in [-0.15, -0.1) is 6.42 Å². The van der Waals surface area contributed by atoms with Crippen LogP contribution in [0.3, 0.4) is 0 Å². The van der Waals surface area contributed by atoms with Crippen LogP contribution in [0.15, 0.2) is 24.3 Å². The zero-order valence-corrected chi connectivity index (χ0v) is 12.3. The molecule has 1 aliphatic carbocycles. The van der Waals surface area contributed by atoms with Gasteiger partial charge in [0, 0.05) is 6.04 Å². The minimum absolute atomic E-state index is 0.479. The van der Waals surface area contributed by atoms with E-state index >= 15 is 0 Å². The average molecular weight is 321 g/mol. The molecule has 0 aromatic heterocycles.